The third-order valence-electron chi connectivity index (χ3n) is 4.32. The summed E-state index contributed by atoms with van der Waals surface area (Å²) in [5, 5.41) is 3.53. The smallest absolute Gasteiger partial charge is 0.0772 e. The van der Waals surface area contributed by atoms with Crippen molar-refractivity contribution in [1.29, 1.82) is 0 Å². The number of ether oxygens (including phenoxy) is 1. The summed E-state index contributed by atoms with van der Waals surface area (Å²) in [4.78, 5) is 2.44. The zero-order valence-corrected chi connectivity index (χ0v) is 14.1. The molecule has 0 radical (unpaired) electrons. The van der Waals surface area contributed by atoms with Crippen molar-refractivity contribution in [1.82, 2.24) is 5.32 Å². The van der Waals surface area contributed by atoms with Crippen molar-refractivity contribution in [2.75, 3.05) is 25.1 Å². The summed E-state index contributed by atoms with van der Waals surface area (Å²) in [6, 6.07) is 8.94. The molecule has 1 aromatic carbocycles. The molecule has 1 aromatic rings. The van der Waals surface area contributed by atoms with E-state index in [-0.39, 0.29) is 5.54 Å². The first-order valence-corrected chi connectivity index (χ1v) is 8.01. The van der Waals surface area contributed by atoms with Crippen LogP contribution in [-0.4, -0.2) is 31.8 Å². The zero-order chi connectivity index (χ0) is 15.5. The van der Waals surface area contributed by atoms with Crippen LogP contribution >= 0.6 is 0 Å². The SMILES string of the molecule is COC1CN(c2ccc(CNC(C)(C)C)cc2)CCC1C. The molecule has 0 bridgehead atoms. The maximum Gasteiger partial charge on any atom is 0.0772 e. The van der Waals surface area contributed by atoms with Gasteiger partial charge in [0, 0.05) is 38.0 Å². The molecule has 2 atom stereocenters. The Balaban J connectivity index is 1.96. The molecule has 2 rings (SSSR count). The number of nitrogens with zero attached hydrogens (tertiary/aromatic N) is 1. The molecule has 2 unspecified atom stereocenters. The Hall–Kier alpha value is -1.06. The van der Waals surface area contributed by atoms with Gasteiger partial charge >= 0.3 is 0 Å². The van der Waals surface area contributed by atoms with Gasteiger partial charge in [-0.25, -0.2) is 0 Å². The minimum Gasteiger partial charge on any atom is -0.379 e. The van der Waals surface area contributed by atoms with Crippen molar-refractivity contribution in [2.45, 2.75) is 52.3 Å². The Morgan fingerprint density at radius 2 is 1.90 bits per heavy atom. The predicted molar refractivity (Wildman–Crippen MR) is 89.8 cm³/mol. The molecule has 1 saturated heterocycles. The Kier molecular flexibility index (Phi) is 5.28. The molecule has 1 aliphatic rings. The Labute approximate surface area is 129 Å². The van der Waals surface area contributed by atoms with Crippen molar-refractivity contribution >= 4 is 5.69 Å². The molecule has 1 heterocycles. The summed E-state index contributed by atoms with van der Waals surface area (Å²) in [5.41, 5.74) is 2.80. The average molecular weight is 290 g/mol. The van der Waals surface area contributed by atoms with Crippen molar-refractivity contribution < 1.29 is 4.74 Å². The lowest BCUT2D eigenvalue weighted by atomic mass is 9.95. The highest BCUT2D eigenvalue weighted by Gasteiger charge is 2.26. The van der Waals surface area contributed by atoms with Gasteiger partial charge < -0.3 is 15.0 Å². The van der Waals surface area contributed by atoms with E-state index in [4.69, 9.17) is 4.74 Å². The normalized spacial score (nSPS) is 23.4. The van der Waals surface area contributed by atoms with Crippen LogP contribution in [0.3, 0.4) is 0 Å². The lowest BCUT2D eigenvalue weighted by molar-refractivity contribution is 0.0498. The van der Waals surface area contributed by atoms with Gasteiger partial charge in [-0.05, 0) is 50.8 Å². The lowest BCUT2D eigenvalue weighted by Gasteiger charge is -2.37. The molecule has 118 valence electrons. The van der Waals surface area contributed by atoms with E-state index in [2.05, 4.69) is 62.2 Å². The molecule has 3 heteroatoms. The lowest BCUT2D eigenvalue weighted by Crippen LogP contribution is -2.43. The van der Waals surface area contributed by atoms with Crippen LogP contribution in [0, 0.1) is 5.92 Å². The van der Waals surface area contributed by atoms with Gasteiger partial charge in [0.25, 0.3) is 0 Å². The van der Waals surface area contributed by atoms with E-state index in [0.29, 0.717) is 12.0 Å². The summed E-state index contributed by atoms with van der Waals surface area (Å²) < 4.78 is 5.60. The van der Waals surface area contributed by atoms with Gasteiger partial charge in [-0.2, -0.15) is 0 Å². The van der Waals surface area contributed by atoms with E-state index in [1.54, 1.807) is 0 Å². The van der Waals surface area contributed by atoms with E-state index >= 15 is 0 Å². The summed E-state index contributed by atoms with van der Waals surface area (Å²) in [7, 11) is 1.83. The molecule has 0 aliphatic carbocycles. The first kappa shape index (κ1) is 16.3. The van der Waals surface area contributed by atoms with E-state index in [9.17, 15) is 0 Å². The Bertz CT molecular complexity index is 436. The molecule has 3 nitrogen and oxygen atoms in total. The monoisotopic (exact) mass is 290 g/mol. The van der Waals surface area contributed by atoms with Crippen LogP contribution in [0.5, 0.6) is 0 Å². The topological polar surface area (TPSA) is 24.5 Å². The van der Waals surface area contributed by atoms with Gasteiger partial charge in [-0.15, -0.1) is 0 Å². The zero-order valence-electron chi connectivity index (χ0n) is 14.1. The first-order chi connectivity index (χ1) is 9.89. The van der Waals surface area contributed by atoms with Crippen LogP contribution in [0.2, 0.25) is 0 Å². The minimum atomic E-state index is 0.160. The molecular weight excluding hydrogens is 260 g/mol. The maximum absolute atomic E-state index is 5.60. The molecule has 0 aromatic heterocycles. The highest BCUT2D eigenvalue weighted by molar-refractivity contribution is 5.48. The van der Waals surface area contributed by atoms with Crippen LogP contribution in [0.25, 0.3) is 0 Å². The second kappa shape index (κ2) is 6.80. The van der Waals surface area contributed by atoms with Gasteiger partial charge in [0.2, 0.25) is 0 Å². The molecule has 21 heavy (non-hydrogen) atoms. The average Bonchev–Trinajstić information content (AvgIpc) is 2.45. The number of rotatable bonds is 4. The van der Waals surface area contributed by atoms with Crippen molar-refractivity contribution in [2.24, 2.45) is 5.92 Å². The van der Waals surface area contributed by atoms with Gasteiger partial charge in [0.1, 0.15) is 0 Å². The van der Waals surface area contributed by atoms with Crippen LogP contribution < -0.4 is 10.2 Å². The van der Waals surface area contributed by atoms with Crippen LogP contribution in [0.15, 0.2) is 24.3 Å². The van der Waals surface area contributed by atoms with E-state index < -0.39 is 0 Å². The third-order valence-corrected chi connectivity index (χ3v) is 4.32. The van der Waals surface area contributed by atoms with E-state index in [1.807, 2.05) is 7.11 Å². The number of hydrogen-bond donors (Lipinski definition) is 1. The largest absolute Gasteiger partial charge is 0.379 e. The fourth-order valence-electron chi connectivity index (χ4n) is 2.77. The van der Waals surface area contributed by atoms with E-state index in [1.165, 1.54) is 17.7 Å². The summed E-state index contributed by atoms with van der Waals surface area (Å²) >= 11 is 0. The standard InChI is InChI=1S/C18H30N2O/c1-14-10-11-20(13-17(14)21-5)16-8-6-15(7-9-16)12-19-18(2,3)4/h6-9,14,17,19H,10-13H2,1-5H3. The number of piperidine rings is 1. The number of nitrogens with one attached hydrogen (secondary N) is 1. The highest BCUT2D eigenvalue weighted by atomic mass is 16.5. The third kappa shape index (κ3) is 4.72. The quantitative estimate of drug-likeness (QED) is 0.919. The molecule has 0 amide bonds. The Morgan fingerprint density at radius 1 is 1.24 bits per heavy atom. The molecule has 1 N–H and O–H groups in total. The van der Waals surface area contributed by atoms with Crippen molar-refractivity contribution in [3.63, 3.8) is 0 Å². The van der Waals surface area contributed by atoms with Gasteiger partial charge in [0.15, 0.2) is 0 Å². The molecular formula is C18H30N2O. The summed E-state index contributed by atoms with van der Waals surface area (Å²) in [6.07, 6.45) is 1.55. The fourth-order valence-corrected chi connectivity index (χ4v) is 2.77. The fraction of sp³-hybridized carbons (Fsp3) is 0.667. The molecule has 0 saturated carbocycles. The number of anilines is 1. The predicted octanol–water partition coefficient (Wildman–Crippen LogP) is 3.44. The van der Waals surface area contributed by atoms with Crippen LogP contribution in [0.1, 0.15) is 39.7 Å². The summed E-state index contributed by atoms with van der Waals surface area (Å²) in [5.74, 6) is 0.654. The Morgan fingerprint density at radius 3 is 2.48 bits per heavy atom. The van der Waals surface area contributed by atoms with Gasteiger partial charge in [-0.3, -0.25) is 0 Å². The highest BCUT2D eigenvalue weighted by Crippen LogP contribution is 2.25. The second-order valence-corrected chi connectivity index (χ2v) is 7.26. The minimum absolute atomic E-state index is 0.160. The maximum atomic E-state index is 5.60. The summed E-state index contributed by atoms with van der Waals surface area (Å²) in [6.45, 7) is 11.9. The molecule has 1 aliphatic heterocycles. The van der Waals surface area contributed by atoms with Gasteiger partial charge in [0.05, 0.1) is 6.10 Å². The van der Waals surface area contributed by atoms with E-state index in [0.717, 1.165) is 19.6 Å². The van der Waals surface area contributed by atoms with Crippen LogP contribution in [-0.2, 0) is 11.3 Å². The number of methoxy groups -OCH3 is 1. The van der Waals surface area contributed by atoms with Gasteiger partial charge in [-0.1, -0.05) is 19.1 Å². The molecule has 0 spiro atoms. The van der Waals surface area contributed by atoms with Crippen molar-refractivity contribution in [3.05, 3.63) is 29.8 Å². The first-order valence-electron chi connectivity index (χ1n) is 8.01. The molecule has 1 fully saturated rings. The second-order valence-electron chi connectivity index (χ2n) is 7.26. The number of benzene rings is 1. The van der Waals surface area contributed by atoms with Crippen molar-refractivity contribution in [3.8, 4) is 0 Å². The number of hydrogen-bond acceptors (Lipinski definition) is 3. The van der Waals surface area contributed by atoms with Crippen LogP contribution in [0.4, 0.5) is 5.69 Å².